The highest BCUT2D eigenvalue weighted by Crippen LogP contribution is 2.34. The molecule has 4 nitrogen and oxygen atoms in total. The third-order valence-electron chi connectivity index (χ3n) is 9.06. The Morgan fingerprint density at radius 1 is 0.533 bits per heavy atom. The molecular weight excluding hydrogens is 368 g/mol. The fraction of sp³-hybridized carbons (Fsp3) is 0.846. The van der Waals surface area contributed by atoms with Crippen molar-refractivity contribution in [3.05, 3.63) is 24.6 Å². The molecule has 1 saturated heterocycles. The topological polar surface area (TPSA) is 13.0 Å². The van der Waals surface area contributed by atoms with Crippen LogP contribution in [0.4, 0.5) is 0 Å². The molecule has 30 heavy (non-hydrogen) atoms. The van der Waals surface area contributed by atoms with Gasteiger partial charge in [-0.05, 0) is 64.8 Å². The van der Waals surface area contributed by atoms with E-state index in [2.05, 4.69) is 58.0 Å². The van der Waals surface area contributed by atoms with Gasteiger partial charge in [0.25, 0.3) is 0 Å². The predicted molar refractivity (Wildman–Crippen MR) is 125 cm³/mol. The van der Waals surface area contributed by atoms with Crippen LogP contribution in [0.15, 0.2) is 24.6 Å². The molecule has 0 aromatic heterocycles. The van der Waals surface area contributed by atoms with Crippen molar-refractivity contribution < 1.29 is 0 Å². The summed E-state index contributed by atoms with van der Waals surface area (Å²) in [4.78, 5) is 11.3. The van der Waals surface area contributed by atoms with Gasteiger partial charge in [-0.15, -0.1) is 0 Å². The van der Waals surface area contributed by atoms with Crippen LogP contribution in [0.25, 0.3) is 0 Å². The van der Waals surface area contributed by atoms with E-state index in [4.69, 9.17) is 0 Å². The van der Waals surface area contributed by atoms with Gasteiger partial charge >= 0.3 is 0 Å². The fourth-order valence-electron chi connectivity index (χ4n) is 7.33. The van der Waals surface area contributed by atoms with Gasteiger partial charge in [-0.3, -0.25) is 9.80 Å². The van der Waals surface area contributed by atoms with E-state index in [1.807, 2.05) is 0 Å². The maximum atomic E-state index is 2.88. The van der Waals surface area contributed by atoms with E-state index in [0.717, 1.165) is 13.1 Å². The van der Waals surface area contributed by atoms with Gasteiger partial charge in [0.15, 0.2) is 0 Å². The maximum absolute atomic E-state index is 2.88. The van der Waals surface area contributed by atoms with Crippen LogP contribution in [0.3, 0.4) is 0 Å². The summed E-state index contributed by atoms with van der Waals surface area (Å²) in [6.07, 6.45) is 23.8. The Morgan fingerprint density at radius 2 is 0.933 bits per heavy atom. The van der Waals surface area contributed by atoms with Crippen LogP contribution in [0.1, 0.15) is 78.1 Å². The van der Waals surface area contributed by atoms with Crippen molar-refractivity contribution in [2.24, 2.45) is 0 Å². The van der Waals surface area contributed by atoms with Crippen molar-refractivity contribution in [2.45, 2.75) is 114 Å². The lowest BCUT2D eigenvalue weighted by Gasteiger charge is -2.52. The quantitative estimate of drug-likeness (QED) is 0.583. The van der Waals surface area contributed by atoms with Crippen LogP contribution < -0.4 is 0 Å². The van der Waals surface area contributed by atoms with Gasteiger partial charge in [0.1, 0.15) is 0 Å². The molecule has 8 rings (SSSR count). The molecule has 0 aromatic carbocycles. The highest BCUT2D eigenvalue weighted by atomic mass is 15.3. The minimum Gasteiger partial charge on any atom is -0.373 e. The molecule has 6 aliphatic heterocycles. The first-order valence-corrected chi connectivity index (χ1v) is 13.1. The SMILES string of the molecule is CC1CCN2/C=C\CN1C1CCCCC1N1/C=C\CN(C(C)CC1)C1CCCCC12. The highest BCUT2D eigenvalue weighted by molar-refractivity contribution is 5.05. The zero-order valence-corrected chi connectivity index (χ0v) is 19.5. The van der Waals surface area contributed by atoms with Crippen LogP contribution in [-0.4, -0.2) is 82.0 Å². The monoisotopic (exact) mass is 412 g/mol. The van der Waals surface area contributed by atoms with Gasteiger partial charge in [-0.25, -0.2) is 0 Å². The summed E-state index contributed by atoms with van der Waals surface area (Å²) < 4.78 is 0. The zero-order chi connectivity index (χ0) is 20.5. The predicted octanol–water partition coefficient (Wildman–Crippen LogP) is 4.44. The third-order valence-corrected chi connectivity index (χ3v) is 9.06. The molecule has 168 valence electrons. The third kappa shape index (κ3) is 4.07. The van der Waals surface area contributed by atoms with Crippen LogP contribution in [0.2, 0.25) is 0 Å². The minimum absolute atomic E-state index is 0.678. The molecule has 0 radical (unpaired) electrons. The number of hydrogen-bond donors (Lipinski definition) is 0. The summed E-state index contributed by atoms with van der Waals surface area (Å²) in [5, 5.41) is 0. The summed E-state index contributed by atoms with van der Waals surface area (Å²) >= 11 is 0. The fourth-order valence-corrected chi connectivity index (χ4v) is 7.33. The molecule has 3 fully saturated rings. The van der Waals surface area contributed by atoms with E-state index >= 15 is 0 Å². The van der Waals surface area contributed by atoms with Gasteiger partial charge < -0.3 is 9.80 Å². The molecule has 0 spiro atoms. The van der Waals surface area contributed by atoms with Gasteiger partial charge in [0.2, 0.25) is 0 Å². The molecular formula is C26H44N4. The molecule has 4 bridgehead atoms. The Balaban J connectivity index is 1.54. The van der Waals surface area contributed by atoms with Crippen molar-refractivity contribution in [1.82, 2.24) is 19.6 Å². The summed E-state index contributed by atoms with van der Waals surface area (Å²) in [6, 6.07) is 4.18. The first kappa shape index (κ1) is 20.9. The molecule has 6 heterocycles. The normalized spacial score (nSPS) is 46.9. The van der Waals surface area contributed by atoms with Crippen molar-refractivity contribution in [3.8, 4) is 0 Å². The standard InChI is InChI=1S/C26H44N4/c1-21-13-19-27-15-7-17-29(21)25-11-5-3-9-23(25)28-16-8-18-30(22(2)14-20-28)26-12-6-4-10-24(26)27/h7-8,15-16,21-26H,3-6,9-14,17-20H2,1-2H3/b15-7-,16-8-. The maximum Gasteiger partial charge on any atom is 0.0440 e. The number of rotatable bonds is 0. The molecule has 2 aliphatic carbocycles. The first-order valence-electron chi connectivity index (χ1n) is 13.1. The average molecular weight is 413 g/mol. The number of hydrogen-bond acceptors (Lipinski definition) is 4. The van der Waals surface area contributed by atoms with Crippen LogP contribution >= 0.6 is 0 Å². The summed E-state index contributed by atoms with van der Waals surface area (Å²) in [6.45, 7) is 9.74. The van der Waals surface area contributed by atoms with E-state index < -0.39 is 0 Å². The van der Waals surface area contributed by atoms with Crippen LogP contribution in [0, 0.1) is 0 Å². The Morgan fingerprint density at radius 3 is 1.37 bits per heavy atom. The molecule has 0 N–H and O–H groups in total. The zero-order valence-electron chi connectivity index (χ0n) is 19.5. The van der Waals surface area contributed by atoms with Crippen molar-refractivity contribution in [2.75, 3.05) is 26.2 Å². The Labute approximate surface area is 184 Å². The van der Waals surface area contributed by atoms with Gasteiger partial charge in [0.05, 0.1) is 0 Å². The van der Waals surface area contributed by atoms with Gasteiger partial charge in [0, 0.05) is 62.4 Å². The average Bonchev–Trinajstić information content (AvgIpc) is 2.75. The minimum atomic E-state index is 0.678. The van der Waals surface area contributed by atoms with E-state index in [9.17, 15) is 0 Å². The molecule has 8 unspecified atom stereocenters. The van der Waals surface area contributed by atoms with Crippen molar-refractivity contribution in [1.29, 1.82) is 0 Å². The van der Waals surface area contributed by atoms with E-state index in [-0.39, 0.29) is 0 Å². The lowest BCUT2D eigenvalue weighted by atomic mass is 9.84. The lowest BCUT2D eigenvalue weighted by Crippen LogP contribution is -2.59. The van der Waals surface area contributed by atoms with E-state index in [1.165, 1.54) is 77.3 Å². The van der Waals surface area contributed by atoms with Crippen molar-refractivity contribution in [3.63, 3.8) is 0 Å². The second kappa shape index (κ2) is 9.24. The summed E-state index contributed by atoms with van der Waals surface area (Å²) in [7, 11) is 0. The molecule has 2 saturated carbocycles. The lowest BCUT2D eigenvalue weighted by molar-refractivity contribution is 0.0113. The largest absolute Gasteiger partial charge is 0.373 e. The van der Waals surface area contributed by atoms with E-state index in [0.29, 0.717) is 36.3 Å². The Hall–Kier alpha value is -1.00. The molecule has 4 heteroatoms. The smallest absolute Gasteiger partial charge is 0.0440 e. The van der Waals surface area contributed by atoms with Gasteiger partial charge in [-0.1, -0.05) is 37.8 Å². The first-order chi connectivity index (χ1) is 14.7. The van der Waals surface area contributed by atoms with E-state index in [1.54, 1.807) is 0 Å². The molecule has 8 atom stereocenters. The van der Waals surface area contributed by atoms with Crippen LogP contribution in [0.5, 0.6) is 0 Å². The van der Waals surface area contributed by atoms with Gasteiger partial charge in [-0.2, -0.15) is 0 Å². The van der Waals surface area contributed by atoms with Crippen molar-refractivity contribution >= 4 is 0 Å². The molecule has 0 amide bonds. The molecule has 0 aromatic rings. The Kier molecular flexibility index (Phi) is 6.43. The second-order valence-electron chi connectivity index (χ2n) is 10.8. The summed E-state index contributed by atoms with van der Waals surface area (Å²) in [5.74, 6) is 0. The molecule has 8 aliphatic rings. The Bertz CT molecular complexity index is 577. The van der Waals surface area contributed by atoms with Crippen LogP contribution in [-0.2, 0) is 0 Å². The summed E-state index contributed by atoms with van der Waals surface area (Å²) in [5.41, 5.74) is 0. The highest BCUT2D eigenvalue weighted by Gasteiger charge is 2.39. The number of nitrogens with zero attached hydrogens (tertiary/aromatic N) is 4. The second-order valence-corrected chi connectivity index (χ2v) is 10.8.